The van der Waals surface area contributed by atoms with Gasteiger partial charge in [0, 0.05) is 17.3 Å². The summed E-state index contributed by atoms with van der Waals surface area (Å²) >= 11 is 2.06. The van der Waals surface area contributed by atoms with E-state index in [0.717, 1.165) is 12.5 Å². The molecule has 2 aliphatic carbocycles. The van der Waals surface area contributed by atoms with E-state index in [1.54, 1.807) is 0 Å². The van der Waals surface area contributed by atoms with Crippen LogP contribution in [0.25, 0.3) is 0 Å². The molecule has 0 heterocycles. The normalized spacial score (nSPS) is 33.4. The fourth-order valence-electron chi connectivity index (χ4n) is 3.10. The van der Waals surface area contributed by atoms with Crippen molar-refractivity contribution in [1.82, 2.24) is 5.32 Å². The van der Waals surface area contributed by atoms with Crippen LogP contribution < -0.4 is 11.1 Å². The molecule has 2 aliphatic rings. The lowest BCUT2D eigenvalue weighted by Gasteiger charge is -2.43. The number of rotatable bonds is 5. The molecule has 0 aromatic rings. The van der Waals surface area contributed by atoms with E-state index in [1.807, 2.05) is 0 Å². The zero-order valence-electron chi connectivity index (χ0n) is 10.5. The number of nitrogens with two attached hydrogens (primary N) is 1. The summed E-state index contributed by atoms with van der Waals surface area (Å²) in [5, 5.41) is 3.82. The van der Waals surface area contributed by atoms with Gasteiger partial charge in [0.05, 0.1) is 0 Å². The number of hydrogen-bond acceptors (Lipinski definition) is 3. The monoisotopic (exact) mass is 242 g/mol. The molecular formula is C13H26N2S. The first-order valence-corrected chi connectivity index (χ1v) is 8.01. The Morgan fingerprint density at radius 3 is 2.56 bits per heavy atom. The van der Waals surface area contributed by atoms with Gasteiger partial charge in [-0.1, -0.05) is 19.3 Å². The zero-order valence-corrected chi connectivity index (χ0v) is 11.3. The average Bonchev–Trinajstić information content (AvgIpc) is 2.29. The Balaban J connectivity index is 1.79. The number of nitrogens with one attached hydrogen (secondary N) is 1. The fourth-order valence-corrected chi connectivity index (χ4v) is 4.02. The summed E-state index contributed by atoms with van der Waals surface area (Å²) in [5.74, 6) is 0.729. The van der Waals surface area contributed by atoms with Crippen molar-refractivity contribution in [3.8, 4) is 0 Å². The van der Waals surface area contributed by atoms with Crippen molar-refractivity contribution in [2.75, 3.05) is 19.3 Å². The van der Waals surface area contributed by atoms with Crippen molar-refractivity contribution in [2.45, 2.75) is 55.7 Å². The molecule has 2 saturated carbocycles. The third-order valence-corrected chi connectivity index (χ3v) is 6.01. The first-order valence-electron chi connectivity index (χ1n) is 6.78. The molecule has 0 bridgehead atoms. The highest BCUT2D eigenvalue weighted by Gasteiger charge is 2.37. The van der Waals surface area contributed by atoms with Gasteiger partial charge in [0.1, 0.15) is 0 Å². The second-order valence-corrected chi connectivity index (χ2v) is 6.78. The van der Waals surface area contributed by atoms with Crippen LogP contribution in [0.5, 0.6) is 0 Å². The van der Waals surface area contributed by atoms with Crippen LogP contribution in [-0.4, -0.2) is 30.1 Å². The molecule has 2 fully saturated rings. The fraction of sp³-hybridized carbons (Fsp3) is 1.00. The van der Waals surface area contributed by atoms with Gasteiger partial charge in [0.15, 0.2) is 0 Å². The van der Waals surface area contributed by atoms with Crippen LogP contribution in [0.3, 0.4) is 0 Å². The predicted molar refractivity (Wildman–Crippen MR) is 72.9 cm³/mol. The second-order valence-electron chi connectivity index (χ2n) is 5.51. The van der Waals surface area contributed by atoms with Crippen LogP contribution in [0.15, 0.2) is 0 Å². The first-order chi connectivity index (χ1) is 7.79. The molecule has 3 heteroatoms. The Bertz CT molecular complexity index is 210. The van der Waals surface area contributed by atoms with E-state index in [-0.39, 0.29) is 0 Å². The topological polar surface area (TPSA) is 38.0 Å². The van der Waals surface area contributed by atoms with Crippen LogP contribution in [0, 0.1) is 5.92 Å². The summed E-state index contributed by atoms with van der Waals surface area (Å²) < 4.78 is 0.566. The zero-order chi connectivity index (χ0) is 11.4. The van der Waals surface area contributed by atoms with Crippen molar-refractivity contribution >= 4 is 11.8 Å². The maximum atomic E-state index is 5.87. The number of thioether (sulfide) groups is 1. The van der Waals surface area contributed by atoms with E-state index in [1.165, 1.54) is 51.5 Å². The van der Waals surface area contributed by atoms with Gasteiger partial charge in [-0.3, -0.25) is 0 Å². The maximum absolute atomic E-state index is 5.87. The molecule has 0 radical (unpaired) electrons. The van der Waals surface area contributed by atoms with Crippen molar-refractivity contribution in [2.24, 2.45) is 11.7 Å². The van der Waals surface area contributed by atoms with E-state index in [2.05, 4.69) is 23.3 Å². The quantitative estimate of drug-likeness (QED) is 0.777. The second kappa shape index (κ2) is 5.74. The molecule has 0 amide bonds. The highest BCUT2D eigenvalue weighted by atomic mass is 32.2. The summed E-state index contributed by atoms with van der Waals surface area (Å²) in [6.45, 7) is 2.07. The molecule has 2 nitrogen and oxygen atoms in total. The van der Waals surface area contributed by atoms with E-state index in [4.69, 9.17) is 5.73 Å². The predicted octanol–water partition coefficient (Wildman–Crippen LogP) is 2.38. The van der Waals surface area contributed by atoms with Crippen molar-refractivity contribution < 1.29 is 0 Å². The summed E-state index contributed by atoms with van der Waals surface area (Å²) in [6, 6.07) is 0.698. The van der Waals surface area contributed by atoms with Gasteiger partial charge in [-0.15, -0.1) is 0 Å². The average molecular weight is 242 g/mol. The summed E-state index contributed by atoms with van der Waals surface area (Å²) in [5.41, 5.74) is 5.87. The third-order valence-electron chi connectivity index (χ3n) is 4.60. The van der Waals surface area contributed by atoms with Gasteiger partial charge in [-0.2, -0.15) is 11.8 Å². The van der Waals surface area contributed by atoms with Gasteiger partial charge < -0.3 is 11.1 Å². The lowest BCUT2D eigenvalue weighted by Crippen LogP contribution is -2.50. The largest absolute Gasteiger partial charge is 0.330 e. The Kier molecular flexibility index (Phi) is 4.57. The van der Waals surface area contributed by atoms with Crippen LogP contribution >= 0.6 is 11.8 Å². The van der Waals surface area contributed by atoms with E-state index < -0.39 is 0 Å². The van der Waals surface area contributed by atoms with E-state index >= 15 is 0 Å². The first kappa shape index (κ1) is 12.7. The maximum Gasteiger partial charge on any atom is 0.0281 e. The minimum Gasteiger partial charge on any atom is -0.330 e. The molecule has 0 aliphatic heterocycles. The molecule has 0 saturated heterocycles. The number of hydrogen-bond donors (Lipinski definition) is 2. The molecule has 0 aromatic carbocycles. The van der Waals surface area contributed by atoms with Gasteiger partial charge in [-0.25, -0.2) is 0 Å². The molecule has 94 valence electrons. The Morgan fingerprint density at radius 2 is 2.00 bits per heavy atom. The van der Waals surface area contributed by atoms with Gasteiger partial charge >= 0.3 is 0 Å². The molecule has 0 spiro atoms. The molecular weight excluding hydrogens is 216 g/mol. The molecule has 2 unspecified atom stereocenters. The smallest absolute Gasteiger partial charge is 0.0281 e. The third kappa shape index (κ3) is 2.74. The summed E-state index contributed by atoms with van der Waals surface area (Å²) in [6.07, 6.45) is 11.9. The van der Waals surface area contributed by atoms with Gasteiger partial charge in [0.2, 0.25) is 0 Å². The van der Waals surface area contributed by atoms with Crippen LogP contribution in [0.4, 0.5) is 0 Å². The standard InChI is InChI=1S/C13H26N2S/c1-16-13(7-4-8-13)10-15-12-6-3-2-5-11(12)9-14/h11-12,15H,2-10,14H2,1H3. The lowest BCUT2D eigenvalue weighted by atomic mass is 9.81. The van der Waals surface area contributed by atoms with Crippen LogP contribution in [0.1, 0.15) is 44.9 Å². The van der Waals surface area contributed by atoms with Crippen molar-refractivity contribution in [1.29, 1.82) is 0 Å². The highest BCUT2D eigenvalue weighted by Crippen LogP contribution is 2.42. The molecule has 0 aromatic heterocycles. The van der Waals surface area contributed by atoms with Crippen molar-refractivity contribution in [3.05, 3.63) is 0 Å². The van der Waals surface area contributed by atoms with E-state index in [0.29, 0.717) is 10.8 Å². The molecule has 2 rings (SSSR count). The van der Waals surface area contributed by atoms with Gasteiger partial charge in [0.25, 0.3) is 0 Å². The summed E-state index contributed by atoms with van der Waals surface area (Å²) in [7, 11) is 0. The Hall–Kier alpha value is 0.270. The molecule has 2 atom stereocenters. The highest BCUT2D eigenvalue weighted by molar-refractivity contribution is 8.00. The Labute approximate surface area is 104 Å². The Morgan fingerprint density at radius 1 is 1.25 bits per heavy atom. The lowest BCUT2D eigenvalue weighted by molar-refractivity contribution is 0.243. The van der Waals surface area contributed by atoms with Crippen LogP contribution in [0.2, 0.25) is 0 Å². The SMILES string of the molecule is CSC1(CNC2CCCCC2CN)CCC1. The van der Waals surface area contributed by atoms with E-state index in [9.17, 15) is 0 Å². The minimum atomic E-state index is 0.566. The molecule has 3 N–H and O–H groups in total. The van der Waals surface area contributed by atoms with Crippen LogP contribution in [-0.2, 0) is 0 Å². The summed E-state index contributed by atoms with van der Waals surface area (Å²) in [4.78, 5) is 0. The molecule has 16 heavy (non-hydrogen) atoms. The van der Waals surface area contributed by atoms with Gasteiger partial charge in [-0.05, 0) is 44.4 Å². The minimum absolute atomic E-state index is 0.566. The van der Waals surface area contributed by atoms with Crippen molar-refractivity contribution in [3.63, 3.8) is 0 Å².